The van der Waals surface area contributed by atoms with Crippen LogP contribution in [0.4, 0.5) is 0 Å². The van der Waals surface area contributed by atoms with Gasteiger partial charge in [-0.1, -0.05) is 27.7 Å². The molecule has 1 aliphatic heterocycles. The van der Waals surface area contributed by atoms with Gasteiger partial charge in [0.15, 0.2) is 0 Å². The number of rotatable bonds is 11. The van der Waals surface area contributed by atoms with Crippen LogP contribution in [0.1, 0.15) is 63.9 Å². The van der Waals surface area contributed by atoms with E-state index in [0.717, 1.165) is 6.42 Å². The molecule has 35 heavy (non-hydrogen) atoms. The lowest BCUT2D eigenvalue weighted by atomic mass is 10.0. The van der Waals surface area contributed by atoms with Crippen LogP contribution in [-0.2, 0) is 25.5 Å². The number of nitrogens with zero attached hydrogens (tertiary/aromatic N) is 2. The number of carboxylic acid groups (broad SMARTS) is 1. The first-order valence-corrected chi connectivity index (χ1v) is 12.2. The van der Waals surface area contributed by atoms with Gasteiger partial charge in [0.2, 0.25) is 6.04 Å². The number of hydrogen-bond acceptors (Lipinski definition) is 6. The molecule has 0 spiro atoms. The van der Waals surface area contributed by atoms with Crippen molar-refractivity contribution in [2.45, 2.75) is 66.5 Å². The zero-order valence-corrected chi connectivity index (χ0v) is 21.6. The van der Waals surface area contributed by atoms with Crippen LogP contribution < -0.4 is 4.74 Å². The van der Waals surface area contributed by atoms with E-state index in [4.69, 9.17) is 9.47 Å². The van der Waals surface area contributed by atoms with Crippen molar-refractivity contribution in [3.05, 3.63) is 29.3 Å². The number of carbonyl (C=O) groups excluding carboxylic acids is 3. The molecule has 1 aromatic rings. The lowest BCUT2D eigenvalue weighted by Gasteiger charge is -2.39. The van der Waals surface area contributed by atoms with E-state index in [1.165, 1.54) is 17.0 Å². The number of piperazine rings is 1. The number of benzene rings is 1. The molecular formula is C26H38N2O7. The fourth-order valence-corrected chi connectivity index (χ4v) is 3.73. The van der Waals surface area contributed by atoms with E-state index < -0.39 is 35.9 Å². The first-order chi connectivity index (χ1) is 16.4. The predicted octanol–water partition coefficient (Wildman–Crippen LogP) is 3.00. The Bertz CT molecular complexity index is 926. The summed E-state index contributed by atoms with van der Waals surface area (Å²) < 4.78 is 11.1. The second kappa shape index (κ2) is 12.6. The highest BCUT2D eigenvalue weighted by molar-refractivity contribution is 6.08. The van der Waals surface area contributed by atoms with Gasteiger partial charge in [-0.25, -0.2) is 4.79 Å². The van der Waals surface area contributed by atoms with Gasteiger partial charge in [0.25, 0.3) is 11.8 Å². The first kappa shape index (κ1) is 28.1. The number of aliphatic carboxylic acids is 1. The molecule has 2 rings (SSSR count). The second-order valence-electron chi connectivity index (χ2n) is 9.99. The normalized spacial score (nSPS) is 16.3. The minimum atomic E-state index is -1.38. The quantitative estimate of drug-likeness (QED) is 0.375. The molecule has 0 unspecified atom stereocenters. The number of hydrogen-bond donors (Lipinski definition) is 1. The largest absolute Gasteiger partial charge is 0.493 e. The van der Waals surface area contributed by atoms with Crippen LogP contribution in [0.3, 0.4) is 0 Å². The van der Waals surface area contributed by atoms with E-state index in [1.807, 2.05) is 13.8 Å². The Kier molecular flexibility index (Phi) is 10.1. The van der Waals surface area contributed by atoms with Gasteiger partial charge in [-0.2, -0.15) is 0 Å². The molecule has 0 aliphatic carbocycles. The minimum Gasteiger partial charge on any atom is -0.493 e. The summed E-state index contributed by atoms with van der Waals surface area (Å²) in [4.78, 5) is 53.9. The third-order valence-electron chi connectivity index (χ3n) is 5.50. The smallest absolute Gasteiger partial charge is 0.339 e. The standard InChI is InChI=1S/C26H38N2O7/c1-16(2)9-10-27-11-12-28(23(25(27)32)26(33)35-18(5)6)24(31)19-7-8-21(34-15-17(3)4)20(13-19)14-22(29)30/h7-8,13,16-18,23H,9-12,14-15H2,1-6H3,(H,29,30)/t23-/m0/s1. The maximum absolute atomic E-state index is 13.5. The summed E-state index contributed by atoms with van der Waals surface area (Å²) in [6, 6.07) is 3.18. The highest BCUT2D eigenvalue weighted by Crippen LogP contribution is 2.25. The van der Waals surface area contributed by atoms with Gasteiger partial charge in [-0.3, -0.25) is 14.4 Å². The highest BCUT2D eigenvalue weighted by atomic mass is 16.5. The maximum atomic E-state index is 13.5. The first-order valence-electron chi connectivity index (χ1n) is 12.2. The Balaban J connectivity index is 2.36. The van der Waals surface area contributed by atoms with Gasteiger partial charge in [-0.15, -0.1) is 0 Å². The Morgan fingerprint density at radius 3 is 2.31 bits per heavy atom. The Morgan fingerprint density at radius 2 is 1.74 bits per heavy atom. The average molecular weight is 491 g/mol. The molecule has 1 atom stereocenters. The summed E-state index contributed by atoms with van der Waals surface area (Å²) in [5, 5.41) is 9.34. The molecule has 1 aliphatic rings. The number of carboxylic acids is 1. The van der Waals surface area contributed by atoms with Crippen LogP contribution in [0.15, 0.2) is 18.2 Å². The van der Waals surface area contributed by atoms with Crippen LogP contribution in [0.25, 0.3) is 0 Å². The molecular weight excluding hydrogens is 452 g/mol. The number of ether oxygens (including phenoxy) is 2. The van der Waals surface area contributed by atoms with Crippen LogP contribution in [-0.4, -0.2) is 77.0 Å². The Labute approximate surface area is 207 Å². The summed E-state index contributed by atoms with van der Waals surface area (Å²) >= 11 is 0. The van der Waals surface area contributed by atoms with E-state index in [0.29, 0.717) is 36.9 Å². The SMILES string of the molecule is CC(C)CCN1CCN(C(=O)c2ccc(OCC(C)C)c(CC(=O)O)c2)[C@H](C(=O)OC(C)C)C1=O. The van der Waals surface area contributed by atoms with Gasteiger partial charge in [-0.05, 0) is 50.3 Å². The summed E-state index contributed by atoms with van der Waals surface area (Å²) in [5.41, 5.74) is 0.538. The molecule has 1 fully saturated rings. The third kappa shape index (κ3) is 7.97. The van der Waals surface area contributed by atoms with Crippen molar-refractivity contribution in [3.63, 3.8) is 0 Å². The third-order valence-corrected chi connectivity index (χ3v) is 5.50. The molecule has 1 aromatic carbocycles. The highest BCUT2D eigenvalue weighted by Gasteiger charge is 2.43. The maximum Gasteiger partial charge on any atom is 0.339 e. The van der Waals surface area contributed by atoms with Crippen molar-refractivity contribution in [2.75, 3.05) is 26.2 Å². The Hall–Kier alpha value is -3.10. The van der Waals surface area contributed by atoms with Crippen LogP contribution in [0.2, 0.25) is 0 Å². The van der Waals surface area contributed by atoms with Gasteiger partial charge in [0, 0.05) is 30.8 Å². The lowest BCUT2D eigenvalue weighted by molar-refractivity contribution is -0.162. The van der Waals surface area contributed by atoms with E-state index in [-0.39, 0.29) is 24.4 Å². The average Bonchev–Trinajstić information content (AvgIpc) is 2.75. The summed E-state index contributed by atoms with van der Waals surface area (Å²) in [5.74, 6) is -1.81. The lowest BCUT2D eigenvalue weighted by Crippen LogP contribution is -2.62. The molecule has 0 radical (unpaired) electrons. The molecule has 0 saturated carbocycles. The van der Waals surface area contributed by atoms with Crippen molar-refractivity contribution in [2.24, 2.45) is 11.8 Å². The van der Waals surface area contributed by atoms with Crippen molar-refractivity contribution in [1.82, 2.24) is 9.80 Å². The van der Waals surface area contributed by atoms with E-state index in [1.54, 1.807) is 24.8 Å². The topological polar surface area (TPSA) is 113 Å². The van der Waals surface area contributed by atoms with Gasteiger partial charge in [0.1, 0.15) is 5.75 Å². The molecule has 0 aromatic heterocycles. The molecule has 1 saturated heterocycles. The Morgan fingerprint density at radius 1 is 1.06 bits per heavy atom. The van der Waals surface area contributed by atoms with Gasteiger partial charge >= 0.3 is 11.9 Å². The van der Waals surface area contributed by atoms with Crippen LogP contribution in [0, 0.1) is 11.8 Å². The number of esters is 1. The van der Waals surface area contributed by atoms with E-state index in [9.17, 15) is 24.3 Å². The predicted molar refractivity (Wildman–Crippen MR) is 130 cm³/mol. The van der Waals surface area contributed by atoms with Crippen LogP contribution in [0.5, 0.6) is 5.75 Å². The van der Waals surface area contributed by atoms with E-state index >= 15 is 0 Å². The zero-order chi connectivity index (χ0) is 26.3. The molecule has 0 bridgehead atoms. The van der Waals surface area contributed by atoms with Crippen LogP contribution >= 0.6 is 0 Å². The van der Waals surface area contributed by atoms with E-state index in [2.05, 4.69) is 13.8 Å². The zero-order valence-electron chi connectivity index (χ0n) is 21.6. The summed E-state index contributed by atoms with van der Waals surface area (Å²) in [7, 11) is 0. The molecule has 9 nitrogen and oxygen atoms in total. The molecule has 2 amide bonds. The monoisotopic (exact) mass is 490 g/mol. The molecule has 194 valence electrons. The number of carbonyl (C=O) groups is 4. The summed E-state index contributed by atoms with van der Waals surface area (Å²) in [6.45, 7) is 12.8. The van der Waals surface area contributed by atoms with Crippen molar-refractivity contribution in [3.8, 4) is 5.75 Å². The number of amides is 2. The molecule has 1 N–H and O–H groups in total. The second-order valence-corrected chi connectivity index (χ2v) is 9.99. The van der Waals surface area contributed by atoms with Gasteiger partial charge < -0.3 is 24.4 Å². The fraction of sp³-hybridized carbons (Fsp3) is 0.615. The fourth-order valence-electron chi connectivity index (χ4n) is 3.73. The van der Waals surface area contributed by atoms with Crippen molar-refractivity contribution < 1.29 is 33.8 Å². The minimum absolute atomic E-state index is 0.167. The summed E-state index contributed by atoms with van der Waals surface area (Å²) in [6.07, 6.45) is 0.00922. The van der Waals surface area contributed by atoms with Crippen molar-refractivity contribution in [1.29, 1.82) is 0 Å². The van der Waals surface area contributed by atoms with Gasteiger partial charge in [0.05, 0.1) is 19.1 Å². The molecule has 1 heterocycles. The van der Waals surface area contributed by atoms with Crippen molar-refractivity contribution >= 4 is 23.8 Å². The molecule has 9 heteroatoms.